The first-order valence-corrected chi connectivity index (χ1v) is 12.2. The van der Waals surface area contributed by atoms with Crippen molar-refractivity contribution in [1.29, 1.82) is 0 Å². The minimum atomic E-state index is -4.33. The molecule has 4 heterocycles. The highest BCUT2D eigenvalue weighted by Gasteiger charge is 2.41. The molecule has 0 aliphatic carbocycles. The molecule has 1 fully saturated rings. The van der Waals surface area contributed by atoms with Crippen LogP contribution in [0.5, 0.6) is 0 Å². The maximum Gasteiger partial charge on any atom is 0.401 e. The van der Waals surface area contributed by atoms with Gasteiger partial charge in [0, 0.05) is 31.2 Å². The zero-order chi connectivity index (χ0) is 25.3. The Labute approximate surface area is 207 Å². The monoisotopic (exact) mass is 503 g/mol. The first kappa shape index (κ1) is 24.7. The van der Waals surface area contributed by atoms with Crippen molar-refractivity contribution in [3.63, 3.8) is 0 Å². The molecule has 5 rings (SSSR count). The van der Waals surface area contributed by atoms with Crippen LogP contribution >= 0.6 is 0 Å². The van der Waals surface area contributed by atoms with E-state index in [1.807, 2.05) is 37.3 Å². The van der Waals surface area contributed by atoms with Gasteiger partial charge in [0.25, 0.3) is 0 Å². The Morgan fingerprint density at radius 1 is 1.11 bits per heavy atom. The smallest absolute Gasteiger partial charge is 0.378 e. The Morgan fingerprint density at radius 3 is 2.61 bits per heavy atom. The number of halogens is 4. The summed E-state index contributed by atoms with van der Waals surface area (Å²) < 4.78 is 58.0. The maximum atomic E-state index is 13.6. The van der Waals surface area contributed by atoms with Crippen LogP contribution in [0, 0.1) is 0 Å². The van der Waals surface area contributed by atoms with Crippen molar-refractivity contribution in [3.05, 3.63) is 65.8 Å². The number of anilines is 1. The van der Waals surface area contributed by atoms with E-state index in [4.69, 9.17) is 4.52 Å². The maximum absolute atomic E-state index is 13.6. The standard InChI is InChI=1S/C26H29F4N5O/c1-17-9-19-10-18(20-11-32-36-15-20)3-5-23(19)25(35(17)16-26(28,29)30)24-6-4-21(12-31-24)33-22-13-34(14-22)8-2-7-27/h3-6,10-12,15,17,22,25,33H,2,7-9,13-14,16H2,1H3/t17-,25+/m0/s1. The molecule has 192 valence electrons. The fourth-order valence-corrected chi connectivity index (χ4v) is 5.24. The van der Waals surface area contributed by atoms with E-state index in [9.17, 15) is 17.6 Å². The Balaban J connectivity index is 1.39. The molecule has 1 aromatic carbocycles. The molecule has 0 saturated carbocycles. The predicted octanol–water partition coefficient (Wildman–Crippen LogP) is 5.09. The van der Waals surface area contributed by atoms with Crippen LogP contribution in [0.2, 0.25) is 0 Å². The topological polar surface area (TPSA) is 57.4 Å². The number of nitrogens with zero attached hydrogens (tertiary/aromatic N) is 4. The fourth-order valence-electron chi connectivity index (χ4n) is 5.24. The molecule has 10 heteroatoms. The van der Waals surface area contributed by atoms with Crippen molar-refractivity contribution in [1.82, 2.24) is 19.9 Å². The van der Waals surface area contributed by atoms with E-state index in [-0.39, 0.29) is 18.8 Å². The van der Waals surface area contributed by atoms with Crippen LogP contribution in [0.15, 0.2) is 53.5 Å². The number of likely N-dealkylation sites (tertiary alicyclic amines) is 1. The molecule has 6 nitrogen and oxygen atoms in total. The van der Waals surface area contributed by atoms with Crippen molar-refractivity contribution in [2.75, 3.05) is 38.2 Å². The Hall–Kier alpha value is -2.98. The molecule has 1 N–H and O–H groups in total. The van der Waals surface area contributed by atoms with Crippen molar-refractivity contribution < 1.29 is 22.1 Å². The second-order valence-corrected chi connectivity index (χ2v) is 9.69. The lowest BCUT2D eigenvalue weighted by Gasteiger charge is -2.42. The van der Waals surface area contributed by atoms with Gasteiger partial charge < -0.3 is 9.84 Å². The van der Waals surface area contributed by atoms with Gasteiger partial charge in [0.2, 0.25) is 0 Å². The van der Waals surface area contributed by atoms with Crippen LogP contribution in [-0.2, 0) is 6.42 Å². The summed E-state index contributed by atoms with van der Waals surface area (Å²) in [5, 5.41) is 7.16. The van der Waals surface area contributed by atoms with Crippen LogP contribution in [0.25, 0.3) is 11.1 Å². The molecule has 36 heavy (non-hydrogen) atoms. The molecule has 3 aromatic rings. The minimum absolute atomic E-state index is 0.255. The van der Waals surface area contributed by atoms with Gasteiger partial charge in [-0.2, -0.15) is 13.2 Å². The van der Waals surface area contributed by atoms with E-state index >= 15 is 0 Å². The van der Waals surface area contributed by atoms with Gasteiger partial charge in [-0.15, -0.1) is 0 Å². The van der Waals surface area contributed by atoms with Gasteiger partial charge >= 0.3 is 6.18 Å². The molecule has 0 radical (unpaired) electrons. The average Bonchev–Trinajstić information content (AvgIpc) is 3.35. The van der Waals surface area contributed by atoms with Crippen molar-refractivity contribution in [2.24, 2.45) is 0 Å². The summed E-state index contributed by atoms with van der Waals surface area (Å²) in [6, 6.07) is 8.80. The Bertz CT molecular complexity index is 1150. The fraction of sp³-hybridized carbons (Fsp3) is 0.462. The number of rotatable bonds is 8. The van der Waals surface area contributed by atoms with E-state index in [0.717, 1.165) is 47.6 Å². The van der Waals surface area contributed by atoms with Crippen LogP contribution in [0.1, 0.15) is 36.2 Å². The van der Waals surface area contributed by atoms with Crippen molar-refractivity contribution in [2.45, 2.75) is 44.1 Å². The van der Waals surface area contributed by atoms with Gasteiger partial charge in [-0.25, -0.2) is 0 Å². The van der Waals surface area contributed by atoms with E-state index < -0.39 is 18.8 Å². The zero-order valence-corrected chi connectivity index (χ0v) is 20.0. The minimum Gasteiger partial charge on any atom is -0.378 e. The summed E-state index contributed by atoms with van der Waals surface area (Å²) in [4.78, 5) is 8.28. The third kappa shape index (κ3) is 5.39. The van der Waals surface area contributed by atoms with Gasteiger partial charge in [0.05, 0.1) is 49.1 Å². The number of benzene rings is 1. The second kappa shape index (κ2) is 10.2. The summed E-state index contributed by atoms with van der Waals surface area (Å²) in [5.41, 5.74) is 4.97. The number of pyridine rings is 1. The van der Waals surface area contributed by atoms with Crippen molar-refractivity contribution in [3.8, 4) is 11.1 Å². The van der Waals surface area contributed by atoms with Gasteiger partial charge in [0.15, 0.2) is 0 Å². The van der Waals surface area contributed by atoms with Gasteiger partial charge in [-0.05, 0) is 48.6 Å². The summed E-state index contributed by atoms with van der Waals surface area (Å²) in [6.07, 6.45) is 1.58. The summed E-state index contributed by atoms with van der Waals surface area (Å²) in [5.74, 6) is 0. The van der Waals surface area contributed by atoms with E-state index in [1.165, 1.54) is 4.90 Å². The molecule has 0 bridgehead atoms. The average molecular weight is 504 g/mol. The van der Waals surface area contributed by atoms with Gasteiger partial charge in [0.1, 0.15) is 6.26 Å². The third-order valence-corrected chi connectivity index (χ3v) is 6.98. The van der Waals surface area contributed by atoms with Gasteiger partial charge in [-0.1, -0.05) is 23.4 Å². The van der Waals surface area contributed by atoms with E-state index in [0.29, 0.717) is 18.5 Å². The lowest BCUT2D eigenvalue weighted by atomic mass is 9.85. The van der Waals surface area contributed by atoms with E-state index in [2.05, 4.69) is 20.4 Å². The zero-order valence-electron chi connectivity index (χ0n) is 20.0. The van der Waals surface area contributed by atoms with Crippen LogP contribution in [0.4, 0.5) is 23.2 Å². The first-order chi connectivity index (χ1) is 17.3. The number of alkyl halides is 4. The van der Waals surface area contributed by atoms with Crippen molar-refractivity contribution >= 4 is 5.69 Å². The second-order valence-electron chi connectivity index (χ2n) is 9.69. The highest BCUT2D eigenvalue weighted by molar-refractivity contribution is 5.64. The van der Waals surface area contributed by atoms with Crippen LogP contribution in [-0.4, -0.2) is 71.1 Å². The molecule has 1 saturated heterocycles. The molecule has 0 spiro atoms. The molecule has 2 atom stereocenters. The van der Waals surface area contributed by atoms with E-state index in [1.54, 1.807) is 18.7 Å². The number of hydrogen-bond acceptors (Lipinski definition) is 6. The molecular formula is C26H29F4N5O. The lowest BCUT2D eigenvalue weighted by molar-refractivity contribution is -0.155. The normalized spacial score (nSPS) is 21.2. The highest BCUT2D eigenvalue weighted by Crippen LogP contribution is 2.40. The number of nitrogens with one attached hydrogen (secondary N) is 1. The highest BCUT2D eigenvalue weighted by atomic mass is 19.4. The molecule has 2 aromatic heterocycles. The number of hydrogen-bond donors (Lipinski definition) is 1. The predicted molar refractivity (Wildman–Crippen MR) is 128 cm³/mol. The lowest BCUT2D eigenvalue weighted by Crippen LogP contribution is -2.54. The summed E-state index contributed by atoms with van der Waals surface area (Å²) in [6.45, 7) is 2.93. The first-order valence-electron chi connectivity index (χ1n) is 12.2. The van der Waals surface area contributed by atoms with Crippen LogP contribution in [0.3, 0.4) is 0 Å². The molecule has 2 aliphatic heterocycles. The number of fused-ring (bicyclic) bond motifs is 1. The number of aromatic nitrogens is 2. The third-order valence-electron chi connectivity index (χ3n) is 6.98. The molecule has 0 amide bonds. The Morgan fingerprint density at radius 2 is 1.94 bits per heavy atom. The quantitative estimate of drug-likeness (QED) is 0.432. The SMILES string of the molecule is C[C@H]1Cc2cc(-c3cnoc3)ccc2[C@H](c2ccc(NC3CN(CCCF)C3)cn2)N1CC(F)(F)F. The summed E-state index contributed by atoms with van der Waals surface area (Å²) >= 11 is 0. The van der Waals surface area contributed by atoms with Crippen LogP contribution < -0.4 is 5.32 Å². The van der Waals surface area contributed by atoms with Gasteiger partial charge in [-0.3, -0.25) is 19.2 Å². The molecule has 0 unspecified atom stereocenters. The molecule has 2 aliphatic rings. The largest absolute Gasteiger partial charge is 0.401 e. The molecular weight excluding hydrogens is 474 g/mol. The summed E-state index contributed by atoms with van der Waals surface area (Å²) in [7, 11) is 0. The Kier molecular flexibility index (Phi) is 6.98.